The van der Waals surface area contributed by atoms with Gasteiger partial charge in [-0.3, -0.25) is 14.9 Å². The van der Waals surface area contributed by atoms with E-state index >= 15 is 0 Å². The number of carbonyl (C=O) groups is 2. The Labute approximate surface area is 235 Å². The quantitative estimate of drug-likeness (QED) is 0.208. The van der Waals surface area contributed by atoms with Crippen molar-refractivity contribution >= 4 is 56.1 Å². The van der Waals surface area contributed by atoms with Crippen molar-refractivity contribution in [1.82, 2.24) is 9.97 Å². The van der Waals surface area contributed by atoms with Gasteiger partial charge in [0, 0.05) is 39.8 Å². The normalized spacial score (nSPS) is 10.7. The first-order valence-electron chi connectivity index (χ1n) is 12.5. The highest BCUT2D eigenvalue weighted by Gasteiger charge is 2.16. The molecule has 194 valence electrons. The lowest BCUT2D eigenvalue weighted by Gasteiger charge is -2.23. The molecule has 7 nitrogen and oxygen atoms in total. The number of hydrogen-bond donors (Lipinski definition) is 2. The minimum Gasteiger partial charge on any atom is -0.367 e. The standard InChI is InChI=1S/C31H26BrN5O2/c1-2-37(25-16-14-24(32)15-17-25)20-21-13-18-27-26(19-21)28(34-29(38)22-9-5-3-6-10-22)35-31(33-27)36-30(39)23-11-7-4-8-12-23/h3-19H,2,20H2,1H3,(H2,33,34,35,36,38,39). The summed E-state index contributed by atoms with van der Waals surface area (Å²) in [5.41, 5.74) is 3.73. The molecule has 1 heterocycles. The minimum atomic E-state index is -0.333. The number of anilines is 3. The zero-order valence-corrected chi connectivity index (χ0v) is 22.9. The number of halogens is 1. The van der Waals surface area contributed by atoms with Crippen LogP contribution in [0.25, 0.3) is 10.9 Å². The van der Waals surface area contributed by atoms with Crippen LogP contribution in [0, 0.1) is 0 Å². The van der Waals surface area contributed by atoms with Crippen molar-refractivity contribution in [2.45, 2.75) is 13.5 Å². The van der Waals surface area contributed by atoms with Gasteiger partial charge >= 0.3 is 0 Å². The second-order valence-corrected chi connectivity index (χ2v) is 9.79. The van der Waals surface area contributed by atoms with Gasteiger partial charge in [-0.05, 0) is 73.2 Å². The van der Waals surface area contributed by atoms with Crippen molar-refractivity contribution in [3.63, 3.8) is 0 Å². The molecular weight excluding hydrogens is 554 g/mol. The molecule has 0 saturated heterocycles. The van der Waals surface area contributed by atoms with Crippen molar-refractivity contribution in [1.29, 1.82) is 0 Å². The van der Waals surface area contributed by atoms with Crippen molar-refractivity contribution in [2.24, 2.45) is 0 Å². The molecule has 0 aliphatic heterocycles. The fourth-order valence-corrected chi connectivity index (χ4v) is 4.48. The summed E-state index contributed by atoms with van der Waals surface area (Å²) < 4.78 is 1.03. The highest BCUT2D eigenvalue weighted by atomic mass is 79.9. The van der Waals surface area contributed by atoms with E-state index in [9.17, 15) is 9.59 Å². The third-order valence-electron chi connectivity index (χ3n) is 6.24. The van der Waals surface area contributed by atoms with Gasteiger partial charge < -0.3 is 10.2 Å². The van der Waals surface area contributed by atoms with Crippen molar-refractivity contribution < 1.29 is 9.59 Å². The number of hydrogen-bond acceptors (Lipinski definition) is 5. The number of benzene rings is 4. The van der Waals surface area contributed by atoms with Gasteiger partial charge in [-0.1, -0.05) is 58.4 Å². The van der Waals surface area contributed by atoms with Crippen LogP contribution in [0.3, 0.4) is 0 Å². The molecule has 0 saturated carbocycles. The van der Waals surface area contributed by atoms with E-state index in [1.54, 1.807) is 48.5 Å². The van der Waals surface area contributed by atoms with Crippen LogP contribution in [0.2, 0.25) is 0 Å². The molecule has 4 aromatic carbocycles. The molecule has 0 aliphatic rings. The molecule has 0 radical (unpaired) electrons. The number of nitrogens with zero attached hydrogens (tertiary/aromatic N) is 3. The first-order valence-corrected chi connectivity index (χ1v) is 13.3. The molecule has 5 rings (SSSR count). The summed E-state index contributed by atoms with van der Waals surface area (Å²) in [7, 11) is 0. The van der Waals surface area contributed by atoms with Gasteiger partial charge in [-0.2, -0.15) is 4.98 Å². The van der Waals surface area contributed by atoms with Gasteiger partial charge in [0.1, 0.15) is 5.82 Å². The fraction of sp³-hybridized carbons (Fsp3) is 0.0968. The molecule has 0 atom stereocenters. The third kappa shape index (κ3) is 6.30. The number of amides is 2. The summed E-state index contributed by atoms with van der Waals surface area (Å²) in [4.78, 5) is 37.2. The van der Waals surface area contributed by atoms with Gasteiger partial charge in [0.05, 0.1) is 5.52 Å². The second kappa shape index (κ2) is 11.9. The number of aromatic nitrogens is 2. The average Bonchev–Trinajstić information content (AvgIpc) is 2.97. The predicted octanol–water partition coefficient (Wildman–Crippen LogP) is 6.92. The van der Waals surface area contributed by atoms with Gasteiger partial charge in [-0.15, -0.1) is 0 Å². The van der Waals surface area contributed by atoms with E-state index in [0.29, 0.717) is 34.4 Å². The lowest BCUT2D eigenvalue weighted by molar-refractivity contribution is 0.101. The van der Waals surface area contributed by atoms with Crippen LogP contribution in [0.4, 0.5) is 17.5 Å². The molecular formula is C31H26BrN5O2. The summed E-state index contributed by atoms with van der Waals surface area (Å²) in [5.74, 6) is -0.199. The summed E-state index contributed by atoms with van der Waals surface area (Å²) in [6.45, 7) is 3.59. The van der Waals surface area contributed by atoms with E-state index in [2.05, 4.69) is 60.5 Å². The highest BCUT2D eigenvalue weighted by Crippen LogP contribution is 2.27. The Morgan fingerprint density at radius 3 is 2.00 bits per heavy atom. The first kappa shape index (κ1) is 26.1. The Bertz CT molecular complexity index is 1610. The van der Waals surface area contributed by atoms with Crippen LogP contribution in [-0.4, -0.2) is 28.3 Å². The lowest BCUT2D eigenvalue weighted by Crippen LogP contribution is -2.22. The number of carbonyl (C=O) groups excluding carboxylic acids is 2. The van der Waals surface area contributed by atoms with E-state index < -0.39 is 0 Å². The van der Waals surface area contributed by atoms with Gasteiger partial charge in [0.25, 0.3) is 11.8 Å². The van der Waals surface area contributed by atoms with Crippen molar-refractivity contribution in [3.8, 4) is 0 Å². The molecule has 8 heteroatoms. The zero-order chi connectivity index (χ0) is 27.2. The summed E-state index contributed by atoms with van der Waals surface area (Å²) in [5, 5.41) is 6.37. The molecule has 0 unspecified atom stereocenters. The Kier molecular flexibility index (Phi) is 7.94. The van der Waals surface area contributed by atoms with Gasteiger partial charge in [0.15, 0.2) is 0 Å². The Morgan fingerprint density at radius 1 is 0.769 bits per heavy atom. The smallest absolute Gasteiger partial charge is 0.258 e. The Balaban J connectivity index is 1.50. The minimum absolute atomic E-state index is 0.109. The number of rotatable bonds is 8. The predicted molar refractivity (Wildman–Crippen MR) is 159 cm³/mol. The summed E-state index contributed by atoms with van der Waals surface area (Å²) in [6, 6.07) is 31.8. The van der Waals surface area contributed by atoms with Crippen LogP contribution in [-0.2, 0) is 6.54 Å². The molecule has 1 aromatic heterocycles. The number of fused-ring (bicyclic) bond motifs is 1. The Morgan fingerprint density at radius 2 is 1.38 bits per heavy atom. The topological polar surface area (TPSA) is 87.2 Å². The maximum atomic E-state index is 13.1. The van der Waals surface area contributed by atoms with Crippen LogP contribution < -0.4 is 15.5 Å². The van der Waals surface area contributed by atoms with Gasteiger partial charge in [-0.25, -0.2) is 4.98 Å². The van der Waals surface area contributed by atoms with Crippen LogP contribution in [0.15, 0.2) is 108 Å². The molecule has 39 heavy (non-hydrogen) atoms. The average molecular weight is 580 g/mol. The third-order valence-corrected chi connectivity index (χ3v) is 6.76. The monoisotopic (exact) mass is 579 g/mol. The van der Waals surface area contributed by atoms with Crippen LogP contribution in [0.1, 0.15) is 33.2 Å². The molecule has 0 spiro atoms. The van der Waals surface area contributed by atoms with E-state index in [1.807, 2.05) is 42.5 Å². The van der Waals surface area contributed by atoms with E-state index in [-0.39, 0.29) is 17.8 Å². The molecule has 2 N–H and O–H groups in total. The molecule has 0 fully saturated rings. The maximum absolute atomic E-state index is 13.1. The highest BCUT2D eigenvalue weighted by molar-refractivity contribution is 9.10. The van der Waals surface area contributed by atoms with Crippen LogP contribution >= 0.6 is 15.9 Å². The van der Waals surface area contributed by atoms with E-state index in [4.69, 9.17) is 0 Å². The van der Waals surface area contributed by atoms with E-state index in [0.717, 1.165) is 22.3 Å². The molecule has 5 aromatic rings. The lowest BCUT2D eigenvalue weighted by atomic mass is 10.1. The SMILES string of the molecule is CCN(Cc1ccc2nc(NC(=O)c3ccccc3)nc(NC(=O)c3ccccc3)c2c1)c1ccc(Br)cc1. The fourth-order valence-electron chi connectivity index (χ4n) is 4.22. The summed E-state index contributed by atoms with van der Waals surface area (Å²) >= 11 is 3.50. The van der Waals surface area contributed by atoms with Crippen LogP contribution in [0.5, 0.6) is 0 Å². The van der Waals surface area contributed by atoms with Crippen molar-refractivity contribution in [3.05, 3.63) is 124 Å². The maximum Gasteiger partial charge on any atom is 0.258 e. The van der Waals surface area contributed by atoms with E-state index in [1.165, 1.54) is 0 Å². The zero-order valence-electron chi connectivity index (χ0n) is 21.3. The molecule has 0 bridgehead atoms. The Hall–Kier alpha value is -4.56. The second-order valence-electron chi connectivity index (χ2n) is 8.88. The summed E-state index contributed by atoms with van der Waals surface area (Å²) in [6.07, 6.45) is 0. The number of nitrogens with one attached hydrogen (secondary N) is 2. The largest absolute Gasteiger partial charge is 0.367 e. The van der Waals surface area contributed by atoms with Gasteiger partial charge in [0.2, 0.25) is 5.95 Å². The van der Waals surface area contributed by atoms with Crippen molar-refractivity contribution in [2.75, 3.05) is 22.1 Å². The molecule has 0 aliphatic carbocycles. The first-order chi connectivity index (χ1) is 19.0. The molecule has 2 amide bonds.